The molecule has 2 rings (SSSR count). The van der Waals surface area contributed by atoms with Gasteiger partial charge in [-0.15, -0.1) is 0 Å². The number of hydrogen-bond acceptors (Lipinski definition) is 6. The highest BCUT2D eigenvalue weighted by Gasteiger charge is 2.22. The van der Waals surface area contributed by atoms with Crippen LogP contribution in [0.1, 0.15) is 19.8 Å². The topological polar surface area (TPSA) is 67.1 Å². The van der Waals surface area contributed by atoms with E-state index in [1.54, 1.807) is 0 Å². The first-order valence-corrected chi connectivity index (χ1v) is 7.46. The molecule has 1 aromatic rings. The molecule has 6 heteroatoms. The minimum Gasteiger partial charge on any atom is -0.383 e. The maximum absolute atomic E-state index is 5.78. The van der Waals surface area contributed by atoms with Crippen LogP contribution in [0.2, 0.25) is 0 Å². The number of likely N-dealkylation sites (tertiary alicyclic amines) is 1. The summed E-state index contributed by atoms with van der Waals surface area (Å²) in [5.41, 5.74) is 5.78. The molecule has 0 spiro atoms. The van der Waals surface area contributed by atoms with Gasteiger partial charge in [0.05, 0.1) is 0 Å². The molecule has 0 bridgehead atoms. The van der Waals surface area contributed by atoms with E-state index < -0.39 is 0 Å². The molecule has 1 aromatic heterocycles. The lowest BCUT2D eigenvalue weighted by atomic mass is 9.99. The van der Waals surface area contributed by atoms with Crippen molar-refractivity contribution in [3.8, 4) is 0 Å². The molecule has 5 nitrogen and oxygen atoms in total. The molecule has 0 saturated carbocycles. The molecular formula is C12H21N5S. The lowest BCUT2D eigenvalue weighted by molar-refractivity contribution is 0.190. The van der Waals surface area contributed by atoms with Crippen LogP contribution in [-0.2, 0) is 0 Å². The molecule has 2 unspecified atom stereocenters. The van der Waals surface area contributed by atoms with Crippen molar-refractivity contribution in [3.63, 3.8) is 0 Å². The van der Waals surface area contributed by atoms with E-state index in [-0.39, 0.29) is 0 Å². The van der Waals surface area contributed by atoms with Crippen LogP contribution in [0.25, 0.3) is 0 Å². The van der Waals surface area contributed by atoms with E-state index in [1.165, 1.54) is 11.8 Å². The number of piperidine rings is 1. The standard InChI is InChI=1S/C12H21N5S/c1-8-6-9(4-5-17(8)2)14-11-7-10(13)15-12(16-11)18-3/h7-9H,4-6H2,1-3H3,(H3,13,14,15,16). The lowest BCUT2D eigenvalue weighted by Gasteiger charge is -2.35. The van der Waals surface area contributed by atoms with Gasteiger partial charge in [0, 0.05) is 24.7 Å². The summed E-state index contributed by atoms with van der Waals surface area (Å²) in [5, 5.41) is 4.20. The van der Waals surface area contributed by atoms with E-state index >= 15 is 0 Å². The van der Waals surface area contributed by atoms with Gasteiger partial charge >= 0.3 is 0 Å². The summed E-state index contributed by atoms with van der Waals surface area (Å²) < 4.78 is 0. The zero-order valence-corrected chi connectivity index (χ0v) is 12.0. The van der Waals surface area contributed by atoms with Crippen LogP contribution >= 0.6 is 11.8 Å². The number of nitrogen functional groups attached to an aromatic ring is 1. The van der Waals surface area contributed by atoms with E-state index in [9.17, 15) is 0 Å². The van der Waals surface area contributed by atoms with E-state index in [1.807, 2.05) is 12.3 Å². The first kappa shape index (κ1) is 13.4. The van der Waals surface area contributed by atoms with Crippen molar-refractivity contribution in [1.82, 2.24) is 14.9 Å². The summed E-state index contributed by atoms with van der Waals surface area (Å²) in [4.78, 5) is 11.0. The fourth-order valence-corrected chi connectivity index (χ4v) is 2.62. The van der Waals surface area contributed by atoms with Crippen LogP contribution in [0.4, 0.5) is 11.6 Å². The van der Waals surface area contributed by atoms with Gasteiger partial charge < -0.3 is 16.0 Å². The van der Waals surface area contributed by atoms with E-state index in [0.717, 1.165) is 30.4 Å². The molecule has 1 saturated heterocycles. The molecule has 2 heterocycles. The molecule has 0 aliphatic carbocycles. The maximum Gasteiger partial charge on any atom is 0.191 e. The first-order chi connectivity index (χ1) is 8.58. The number of nitrogens with zero attached hydrogens (tertiary/aromatic N) is 3. The quantitative estimate of drug-likeness (QED) is 0.641. The lowest BCUT2D eigenvalue weighted by Crippen LogP contribution is -2.42. The minimum atomic E-state index is 0.472. The fraction of sp³-hybridized carbons (Fsp3) is 0.667. The average Bonchev–Trinajstić information content (AvgIpc) is 2.33. The molecular weight excluding hydrogens is 246 g/mol. The Kier molecular flexibility index (Phi) is 4.29. The monoisotopic (exact) mass is 267 g/mol. The van der Waals surface area contributed by atoms with Crippen LogP contribution in [0.5, 0.6) is 0 Å². The normalized spacial score (nSPS) is 25.1. The molecule has 100 valence electrons. The highest BCUT2D eigenvalue weighted by molar-refractivity contribution is 7.98. The summed E-state index contributed by atoms with van der Waals surface area (Å²) in [6.07, 6.45) is 4.23. The van der Waals surface area contributed by atoms with Crippen molar-refractivity contribution in [3.05, 3.63) is 6.07 Å². The molecule has 0 radical (unpaired) electrons. The third-order valence-electron chi connectivity index (χ3n) is 3.47. The molecule has 0 aromatic carbocycles. The second kappa shape index (κ2) is 5.75. The van der Waals surface area contributed by atoms with Gasteiger partial charge in [-0.2, -0.15) is 0 Å². The zero-order chi connectivity index (χ0) is 13.1. The Balaban J connectivity index is 2.03. The summed E-state index contributed by atoms with van der Waals surface area (Å²) in [6, 6.07) is 2.89. The summed E-state index contributed by atoms with van der Waals surface area (Å²) in [7, 11) is 2.18. The number of hydrogen-bond donors (Lipinski definition) is 2. The molecule has 1 fully saturated rings. The van der Waals surface area contributed by atoms with Gasteiger partial charge in [0.2, 0.25) is 0 Å². The van der Waals surface area contributed by atoms with Gasteiger partial charge in [-0.25, -0.2) is 9.97 Å². The third kappa shape index (κ3) is 3.26. The molecule has 1 aliphatic rings. The molecule has 2 atom stereocenters. The Hall–Kier alpha value is -1.01. The number of nitrogens with two attached hydrogens (primary N) is 1. The van der Waals surface area contributed by atoms with Gasteiger partial charge in [-0.05, 0) is 33.1 Å². The van der Waals surface area contributed by atoms with Gasteiger partial charge in [0.15, 0.2) is 5.16 Å². The Morgan fingerprint density at radius 3 is 2.94 bits per heavy atom. The highest BCUT2D eigenvalue weighted by atomic mass is 32.2. The SMILES string of the molecule is CSc1nc(N)cc(NC2CCN(C)C(C)C2)n1. The van der Waals surface area contributed by atoms with E-state index in [4.69, 9.17) is 5.73 Å². The number of thioether (sulfide) groups is 1. The largest absolute Gasteiger partial charge is 0.383 e. The summed E-state index contributed by atoms with van der Waals surface area (Å²) in [5.74, 6) is 1.37. The van der Waals surface area contributed by atoms with Crippen molar-refractivity contribution in [2.45, 2.75) is 37.0 Å². The van der Waals surface area contributed by atoms with Gasteiger partial charge in [0.25, 0.3) is 0 Å². The number of aromatic nitrogens is 2. The molecule has 18 heavy (non-hydrogen) atoms. The predicted molar refractivity (Wildman–Crippen MR) is 77.0 cm³/mol. The van der Waals surface area contributed by atoms with Crippen molar-refractivity contribution >= 4 is 23.4 Å². The van der Waals surface area contributed by atoms with Crippen molar-refractivity contribution in [2.75, 3.05) is 30.9 Å². The van der Waals surface area contributed by atoms with Crippen LogP contribution in [-0.4, -0.2) is 46.8 Å². The smallest absolute Gasteiger partial charge is 0.191 e. The number of rotatable bonds is 3. The Morgan fingerprint density at radius 1 is 1.50 bits per heavy atom. The number of nitrogens with one attached hydrogen (secondary N) is 1. The van der Waals surface area contributed by atoms with Gasteiger partial charge in [-0.1, -0.05) is 11.8 Å². The van der Waals surface area contributed by atoms with Crippen LogP contribution < -0.4 is 11.1 Å². The van der Waals surface area contributed by atoms with Crippen molar-refractivity contribution in [1.29, 1.82) is 0 Å². The molecule has 1 aliphatic heterocycles. The minimum absolute atomic E-state index is 0.472. The van der Waals surface area contributed by atoms with E-state index in [0.29, 0.717) is 17.9 Å². The van der Waals surface area contributed by atoms with E-state index in [2.05, 4.69) is 34.2 Å². The summed E-state index contributed by atoms with van der Waals surface area (Å²) in [6.45, 7) is 3.38. The zero-order valence-electron chi connectivity index (χ0n) is 11.2. The van der Waals surface area contributed by atoms with Gasteiger partial charge in [-0.3, -0.25) is 0 Å². The number of anilines is 2. The second-order valence-corrected chi connectivity index (χ2v) is 5.63. The summed E-state index contributed by atoms with van der Waals surface area (Å²) >= 11 is 1.51. The highest BCUT2D eigenvalue weighted by Crippen LogP contribution is 2.21. The fourth-order valence-electron chi connectivity index (χ4n) is 2.24. The Morgan fingerprint density at radius 2 is 2.28 bits per heavy atom. The Labute approximate surface area is 113 Å². The maximum atomic E-state index is 5.78. The van der Waals surface area contributed by atoms with Crippen LogP contribution in [0.15, 0.2) is 11.2 Å². The van der Waals surface area contributed by atoms with Crippen LogP contribution in [0, 0.1) is 0 Å². The first-order valence-electron chi connectivity index (χ1n) is 6.24. The third-order valence-corrected chi connectivity index (χ3v) is 4.02. The predicted octanol–water partition coefficient (Wildman–Crippen LogP) is 1.68. The second-order valence-electron chi connectivity index (χ2n) is 4.86. The average molecular weight is 267 g/mol. The van der Waals surface area contributed by atoms with Crippen molar-refractivity contribution in [2.24, 2.45) is 0 Å². The van der Waals surface area contributed by atoms with Crippen molar-refractivity contribution < 1.29 is 0 Å². The van der Waals surface area contributed by atoms with Gasteiger partial charge in [0.1, 0.15) is 11.6 Å². The molecule has 0 amide bonds. The Bertz CT molecular complexity index is 411. The van der Waals surface area contributed by atoms with Crippen LogP contribution in [0.3, 0.4) is 0 Å². The molecule has 3 N–H and O–H groups in total.